The first-order valence-electron chi connectivity index (χ1n) is 4.52. The van der Waals surface area contributed by atoms with Gasteiger partial charge in [0.1, 0.15) is 16.5 Å². The smallest absolute Gasteiger partial charge is 0.252 e. The third-order valence-electron chi connectivity index (χ3n) is 2.18. The molecule has 5 heteroatoms. The summed E-state index contributed by atoms with van der Waals surface area (Å²) in [4.78, 5) is 19.6. The van der Waals surface area contributed by atoms with Crippen LogP contribution in [0.25, 0.3) is 0 Å². The monoisotopic (exact) mass is 223 g/mol. The van der Waals surface area contributed by atoms with Crippen LogP contribution < -0.4 is 5.32 Å². The van der Waals surface area contributed by atoms with Crippen molar-refractivity contribution in [2.24, 2.45) is 4.99 Å². The highest BCUT2D eigenvalue weighted by atomic mass is 35.5. The van der Waals surface area contributed by atoms with Crippen LogP contribution >= 0.6 is 11.6 Å². The summed E-state index contributed by atoms with van der Waals surface area (Å²) in [5.41, 5.74) is 0.0689. The Morgan fingerprint density at radius 2 is 2.20 bits per heavy atom. The van der Waals surface area contributed by atoms with Gasteiger partial charge in [0.15, 0.2) is 0 Å². The second kappa shape index (κ2) is 3.31. The highest BCUT2D eigenvalue weighted by Crippen LogP contribution is 2.18. The molecular formula is C10H10ClN3O. The molecule has 0 saturated carbocycles. The third-order valence-corrected chi connectivity index (χ3v) is 2.39. The van der Waals surface area contributed by atoms with Gasteiger partial charge in [0.2, 0.25) is 0 Å². The fourth-order valence-corrected chi connectivity index (χ4v) is 1.48. The van der Waals surface area contributed by atoms with E-state index in [0.29, 0.717) is 11.0 Å². The van der Waals surface area contributed by atoms with Gasteiger partial charge in [0, 0.05) is 11.8 Å². The van der Waals surface area contributed by atoms with E-state index in [4.69, 9.17) is 11.6 Å². The Morgan fingerprint density at radius 1 is 1.47 bits per heavy atom. The molecule has 2 heterocycles. The number of nitrogens with zero attached hydrogens (tertiary/aromatic N) is 2. The number of nitrogens with one attached hydrogen (secondary N) is 1. The van der Waals surface area contributed by atoms with Crippen molar-refractivity contribution >= 4 is 23.3 Å². The normalized spacial score (nSPS) is 18.6. The van der Waals surface area contributed by atoms with Crippen molar-refractivity contribution in [1.29, 1.82) is 0 Å². The maximum atomic E-state index is 11.5. The van der Waals surface area contributed by atoms with Gasteiger partial charge in [-0.15, -0.1) is 0 Å². The van der Waals surface area contributed by atoms with E-state index in [1.165, 1.54) is 0 Å². The van der Waals surface area contributed by atoms with Crippen molar-refractivity contribution in [1.82, 2.24) is 10.3 Å². The quantitative estimate of drug-likeness (QED) is 0.732. The van der Waals surface area contributed by atoms with Gasteiger partial charge in [-0.25, -0.2) is 4.98 Å². The van der Waals surface area contributed by atoms with E-state index in [1.54, 1.807) is 32.2 Å². The lowest BCUT2D eigenvalue weighted by atomic mass is 10.1. The number of pyridine rings is 1. The lowest BCUT2D eigenvalue weighted by Crippen LogP contribution is -2.34. The molecule has 1 aromatic heterocycles. The van der Waals surface area contributed by atoms with Crippen molar-refractivity contribution in [2.45, 2.75) is 19.4 Å². The van der Waals surface area contributed by atoms with Crippen LogP contribution in [0.2, 0.25) is 5.15 Å². The number of amides is 1. The van der Waals surface area contributed by atoms with Gasteiger partial charge < -0.3 is 5.32 Å². The Kier molecular flexibility index (Phi) is 2.23. The van der Waals surface area contributed by atoms with Crippen molar-refractivity contribution in [3.63, 3.8) is 0 Å². The molecule has 0 atom stereocenters. The molecule has 0 spiro atoms. The fraction of sp³-hybridized carbons (Fsp3) is 0.300. The minimum atomic E-state index is -0.703. The lowest BCUT2D eigenvalue weighted by molar-refractivity contribution is -0.122. The zero-order valence-corrected chi connectivity index (χ0v) is 9.17. The van der Waals surface area contributed by atoms with Crippen LogP contribution in [0.5, 0.6) is 0 Å². The van der Waals surface area contributed by atoms with E-state index in [1.807, 2.05) is 0 Å². The molecule has 2 rings (SSSR count). The number of carbonyl (C=O) groups excluding carboxylic acids is 1. The Labute approximate surface area is 92.4 Å². The number of hydrogen-bond donors (Lipinski definition) is 1. The molecule has 1 N–H and O–H groups in total. The summed E-state index contributed by atoms with van der Waals surface area (Å²) < 4.78 is 0. The van der Waals surface area contributed by atoms with E-state index >= 15 is 0 Å². The number of hydrogen-bond acceptors (Lipinski definition) is 3. The van der Waals surface area contributed by atoms with Crippen LogP contribution in [0, 0.1) is 0 Å². The summed E-state index contributed by atoms with van der Waals surface area (Å²) in [6.07, 6.45) is 1.58. The maximum Gasteiger partial charge on any atom is 0.252 e. The zero-order chi connectivity index (χ0) is 11.1. The molecule has 0 unspecified atom stereocenters. The van der Waals surface area contributed by atoms with Crippen molar-refractivity contribution in [2.75, 3.05) is 0 Å². The van der Waals surface area contributed by atoms with Crippen molar-refractivity contribution in [3.8, 4) is 0 Å². The van der Waals surface area contributed by atoms with Gasteiger partial charge >= 0.3 is 0 Å². The molecule has 0 aliphatic carbocycles. The second-order valence-corrected chi connectivity index (χ2v) is 4.23. The Bertz CT molecular complexity index is 454. The summed E-state index contributed by atoms with van der Waals surface area (Å²) in [5.74, 6) is 0.444. The van der Waals surface area contributed by atoms with Crippen LogP contribution in [-0.4, -0.2) is 22.3 Å². The molecule has 4 nitrogen and oxygen atoms in total. The Hall–Kier alpha value is -1.42. The van der Waals surface area contributed by atoms with Gasteiger partial charge in [0.25, 0.3) is 5.91 Å². The first kappa shape index (κ1) is 10.1. The van der Waals surface area contributed by atoms with E-state index in [0.717, 1.165) is 5.56 Å². The van der Waals surface area contributed by atoms with Gasteiger partial charge in [0.05, 0.1) is 0 Å². The molecule has 0 bridgehead atoms. The summed E-state index contributed by atoms with van der Waals surface area (Å²) in [7, 11) is 0. The maximum absolute atomic E-state index is 11.5. The molecule has 78 valence electrons. The first-order chi connectivity index (χ1) is 6.99. The van der Waals surface area contributed by atoms with E-state index < -0.39 is 5.54 Å². The number of aliphatic imine (C=N–C) groups is 1. The molecule has 0 radical (unpaired) electrons. The SMILES string of the molecule is CC1(C)N=C(c2ccnc(Cl)c2)NC1=O. The minimum Gasteiger partial charge on any atom is -0.308 e. The molecule has 0 fully saturated rings. The number of halogens is 1. The van der Waals surface area contributed by atoms with E-state index in [2.05, 4.69) is 15.3 Å². The highest BCUT2D eigenvalue weighted by molar-refractivity contribution is 6.30. The number of rotatable bonds is 1. The first-order valence-corrected chi connectivity index (χ1v) is 4.90. The third kappa shape index (κ3) is 1.85. The van der Waals surface area contributed by atoms with Crippen LogP contribution in [-0.2, 0) is 4.79 Å². The summed E-state index contributed by atoms with van der Waals surface area (Å²) in [6.45, 7) is 3.52. The van der Waals surface area contributed by atoms with Gasteiger partial charge in [-0.05, 0) is 26.0 Å². The molecule has 1 aliphatic heterocycles. The number of carbonyl (C=O) groups is 1. The molecule has 1 amide bonds. The zero-order valence-electron chi connectivity index (χ0n) is 8.41. The standard InChI is InChI=1S/C10H10ClN3O/c1-10(2)9(15)13-8(14-10)6-3-4-12-7(11)5-6/h3-5H,1-2H3,(H,13,14,15). The van der Waals surface area contributed by atoms with Gasteiger partial charge in [-0.1, -0.05) is 11.6 Å². The predicted octanol–water partition coefficient (Wildman–Crippen LogP) is 1.39. The largest absolute Gasteiger partial charge is 0.308 e. The van der Waals surface area contributed by atoms with Crippen molar-refractivity contribution < 1.29 is 4.79 Å². The second-order valence-electron chi connectivity index (χ2n) is 3.84. The average Bonchev–Trinajstić information content (AvgIpc) is 2.42. The Balaban J connectivity index is 2.39. The van der Waals surface area contributed by atoms with Crippen LogP contribution in [0.15, 0.2) is 23.3 Å². The summed E-state index contributed by atoms with van der Waals surface area (Å²) in [5, 5.41) is 3.10. The van der Waals surface area contributed by atoms with Crippen LogP contribution in [0.1, 0.15) is 19.4 Å². The van der Waals surface area contributed by atoms with Crippen molar-refractivity contribution in [3.05, 3.63) is 29.0 Å². The highest BCUT2D eigenvalue weighted by Gasteiger charge is 2.34. The minimum absolute atomic E-state index is 0.106. The predicted molar refractivity (Wildman–Crippen MR) is 58.0 cm³/mol. The summed E-state index contributed by atoms with van der Waals surface area (Å²) in [6, 6.07) is 3.43. The van der Waals surface area contributed by atoms with Gasteiger partial charge in [-0.2, -0.15) is 0 Å². The van der Waals surface area contributed by atoms with E-state index in [-0.39, 0.29) is 5.91 Å². The molecule has 0 aromatic carbocycles. The molecule has 1 aliphatic rings. The lowest BCUT2D eigenvalue weighted by Gasteiger charge is -2.07. The molecule has 15 heavy (non-hydrogen) atoms. The van der Waals surface area contributed by atoms with Gasteiger partial charge in [-0.3, -0.25) is 9.79 Å². The average molecular weight is 224 g/mol. The Morgan fingerprint density at radius 3 is 2.73 bits per heavy atom. The number of aromatic nitrogens is 1. The molecule has 1 aromatic rings. The molecular weight excluding hydrogens is 214 g/mol. The summed E-state index contributed by atoms with van der Waals surface area (Å²) >= 11 is 5.75. The van der Waals surface area contributed by atoms with E-state index in [9.17, 15) is 4.79 Å². The topological polar surface area (TPSA) is 54.4 Å². The fourth-order valence-electron chi connectivity index (χ4n) is 1.31. The van der Waals surface area contributed by atoms with Crippen LogP contribution in [0.4, 0.5) is 0 Å². The van der Waals surface area contributed by atoms with Crippen LogP contribution in [0.3, 0.4) is 0 Å². The molecule has 0 saturated heterocycles. The number of amidine groups is 1.